The first-order valence-electron chi connectivity index (χ1n) is 11.7. The normalized spacial score (nSPS) is 11.6. The van der Waals surface area contributed by atoms with Gasteiger partial charge in [0, 0.05) is 12.6 Å². The molecule has 184 valence electrons. The molecule has 0 saturated heterocycles. The van der Waals surface area contributed by atoms with Gasteiger partial charge < -0.3 is 9.26 Å². The highest BCUT2D eigenvalue weighted by Crippen LogP contribution is 2.28. The topological polar surface area (TPSA) is 117 Å². The van der Waals surface area contributed by atoms with Gasteiger partial charge >= 0.3 is 5.97 Å². The third kappa shape index (κ3) is 3.65. The van der Waals surface area contributed by atoms with Crippen molar-refractivity contribution in [3.8, 4) is 11.3 Å². The van der Waals surface area contributed by atoms with Crippen molar-refractivity contribution in [2.45, 2.75) is 27.4 Å². The van der Waals surface area contributed by atoms with Gasteiger partial charge in [0.15, 0.2) is 12.4 Å². The van der Waals surface area contributed by atoms with Crippen molar-refractivity contribution in [2.24, 2.45) is 7.05 Å². The van der Waals surface area contributed by atoms with E-state index < -0.39 is 5.97 Å². The number of carbonyl (C=O) groups excluding carboxylic acids is 1. The van der Waals surface area contributed by atoms with E-state index in [-0.39, 0.29) is 17.9 Å². The van der Waals surface area contributed by atoms with Crippen LogP contribution in [0.3, 0.4) is 0 Å². The summed E-state index contributed by atoms with van der Waals surface area (Å²) in [5, 5.41) is 13.4. The van der Waals surface area contributed by atoms with E-state index >= 15 is 0 Å². The Labute approximate surface area is 210 Å². The smallest absolute Gasteiger partial charge is 0.339 e. The van der Waals surface area contributed by atoms with Crippen LogP contribution in [0, 0.1) is 20.8 Å². The molecule has 0 amide bonds. The number of nitrogens with zero attached hydrogens (tertiary/aromatic N) is 6. The van der Waals surface area contributed by atoms with Crippen molar-refractivity contribution in [2.75, 3.05) is 0 Å². The van der Waals surface area contributed by atoms with Gasteiger partial charge in [-0.2, -0.15) is 0 Å². The third-order valence-corrected chi connectivity index (χ3v) is 6.46. The van der Waals surface area contributed by atoms with Crippen LogP contribution < -0.4 is 5.56 Å². The summed E-state index contributed by atoms with van der Waals surface area (Å²) in [6.45, 7) is 5.51. The van der Waals surface area contributed by atoms with Gasteiger partial charge in [-0.05, 0) is 39.0 Å². The van der Waals surface area contributed by atoms with Gasteiger partial charge in [0.1, 0.15) is 0 Å². The minimum absolute atomic E-state index is 0.158. The molecule has 6 aromatic rings. The van der Waals surface area contributed by atoms with Crippen LogP contribution in [0.15, 0.2) is 57.8 Å². The molecule has 0 aliphatic carbocycles. The molecule has 10 heteroatoms. The van der Waals surface area contributed by atoms with Gasteiger partial charge in [-0.15, -0.1) is 10.2 Å². The van der Waals surface area contributed by atoms with Gasteiger partial charge in [0.2, 0.25) is 5.78 Å². The number of carbonyl (C=O) groups is 1. The monoisotopic (exact) mass is 494 g/mol. The molecular formula is C27H22N6O4. The maximum absolute atomic E-state index is 13.4. The molecule has 4 aromatic heterocycles. The number of hydrogen-bond donors (Lipinski definition) is 0. The Morgan fingerprint density at radius 3 is 2.54 bits per heavy atom. The predicted molar refractivity (Wildman–Crippen MR) is 136 cm³/mol. The van der Waals surface area contributed by atoms with Crippen LogP contribution in [0.25, 0.3) is 39.0 Å². The largest absolute Gasteiger partial charge is 0.454 e. The number of ether oxygens (including phenoxy) is 1. The second-order valence-corrected chi connectivity index (χ2v) is 9.08. The second-order valence-electron chi connectivity index (χ2n) is 9.08. The molecular weight excluding hydrogens is 472 g/mol. The van der Waals surface area contributed by atoms with Crippen LogP contribution in [-0.2, 0) is 18.4 Å². The molecule has 0 atom stereocenters. The van der Waals surface area contributed by atoms with E-state index in [9.17, 15) is 9.59 Å². The first-order valence-corrected chi connectivity index (χ1v) is 11.7. The van der Waals surface area contributed by atoms with Gasteiger partial charge in [0.05, 0.1) is 33.2 Å². The van der Waals surface area contributed by atoms with Crippen molar-refractivity contribution in [3.05, 3.63) is 87.1 Å². The summed E-state index contributed by atoms with van der Waals surface area (Å²) in [5.41, 5.74) is 5.03. The summed E-state index contributed by atoms with van der Waals surface area (Å²) in [6.07, 6.45) is 0. The van der Waals surface area contributed by atoms with Gasteiger partial charge in [0.25, 0.3) is 11.3 Å². The van der Waals surface area contributed by atoms with E-state index in [1.807, 2.05) is 56.3 Å². The van der Waals surface area contributed by atoms with Crippen molar-refractivity contribution in [1.82, 2.24) is 29.3 Å². The van der Waals surface area contributed by atoms with Crippen LogP contribution in [0.5, 0.6) is 0 Å². The molecule has 0 aliphatic heterocycles. The molecule has 10 nitrogen and oxygen atoms in total. The van der Waals surface area contributed by atoms with Crippen LogP contribution in [-0.4, -0.2) is 35.3 Å². The molecule has 0 spiro atoms. The number of fused-ring (bicyclic) bond motifs is 4. The van der Waals surface area contributed by atoms with Crippen molar-refractivity contribution in [3.63, 3.8) is 0 Å². The lowest BCUT2D eigenvalue weighted by Gasteiger charge is -2.10. The van der Waals surface area contributed by atoms with Gasteiger partial charge in [-0.3, -0.25) is 13.8 Å². The zero-order valence-electron chi connectivity index (χ0n) is 20.6. The fraction of sp³-hybridized carbons (Fsp3) is 0.185. The van der Waals surface area contributed by atoms with E-state index in [0.29, 0.717) is 44.8 Å². The second kappa shape index (κ2) is 8.37. The summed E-state index contributed by atoms with van der Waals surface area (Å²) in [4.78, 5) is 30.8. The Morgan fingerprint density at radius 1 is 1.00 bits per heavy atom. The molecule has 2 aromatic carbocycles. The SMILES string of the molecule is Cc1ccc(-c2cc(C(=O)OCc3nnc4n(C)c(=O)c5cc(C)ccc5n34)c3c(C)noc3n2)cc1. The Balaban J connectivity index is 1.40. The zero-order chi connectivity index (χ0) is 25.8. The number of aryl methyl sites for hydroxylation is 4. The number of aromatic nitrogens is 6. The molecule has 0 bridgehead atoms. The lowest BCUT2D eigenvalue weighted by molar-refractivity contribution is 0.0463. The molecule has 0 saturated carbocycles. The number of hydrogen-bond acceptors (Lipinski definition) is 8. The van der Waals surface area contributed by atoms with Gasteiger partial charge in [-0.25, -0.2) is 9.78 Å². The van der Waals surface area contributed by atoms with Crippen LogP contribution in [0.4, 0.5) is 0 Å². The van der Waals surface area contributed by atoms with E-state index in [0.717, 1.165) is 16.7 Å². The Morgan fingerprint density at radius 2 is 1.76 bits per heavy atom. The minimum atomic E-state index is -0.575. The van der Waals surface area contributed by atoms with Crippen molar-refractivity contribution >= 4 is 33.7 Å². The van der Waals surface area contributed by atoms with E-state index in [1.165, 1.54) is 4.57 Å². The summed E-state index contributed by atoms with van der Waals surface area (Å²) in [5.74, 6) is 0.169. The molecule has 0 unspecified atom stereocenters. The zero-order valence-corrected chi connectivity index (χ0v) is 20.6. The molecule has 0 N–H and O–H groups in total. The van der Waals surface area contributed by atoms with Crippen molar-refractivity contribution < 1.29 is 14.1 Å². The minimum Gasteiger partial charge on any atom is -0.454 e. The van der Waals surface area contributed by atoms with Crippen LogP contribution in [0.2, 0.25) is 0 Å². The summed E-state index contributed by atoms with van der Waals surface area (Å²) < 4.78 is 14.3. The number of benzene rings is 2. The van der Waals surface area contributed by atoms with E-state index in [4.69, 9.17) is 9.26 Å². The molecule has 0 radical (unpaired) electrons. The van der Waals surface area contributed by atoms with Gasteiger partial charge in [-0.1, -0.05) is 46.6 Å². The Kier molecular flexibility index (Phi) is 5.11. The fourth-order valence-electron chi connectivity index (χ4n) is 4.49. The standard InChI is InChI=1S/C27H22N6O4/c1-14-5-8-17(9-6-14)20-12-19(23-16(3)31-37-24(23)28-20)26(35)36-13-22-29-30-27-32(4)25(34)18-11-15(2)7-10-21(18)33(22)27/h5-12H,13H2,1-4H3. The Hall–Kier alpha value is -4.86. The number of esters is 1. The lowest BCUT2D eigenvalue weighted by Crippen LogP contribution is -2.20. The average molecular weight is 495 g/mol. The summed E-state index contributed by atoms with van der Waals surface area (Å²) >= 11 is 0. The predicted octanol–water partition coefficient (Wildman–Crippen LogP) is 4.07. The maximum Gasteiger partial charge on any atom is 0.339 e. The lowest BCUT2D eigenvalue weighted by atomic mass is 10.0. The van der Waals surface area contributed by atoms with Crippen molar-refractivity contribution in [1.29, 1.82) is 0 Å². The highest BCUT2D eigenvalue weighted by atomic mass is 16.5. The third-order valence-electron chi connectivity index (χ3n) is 6.46. The number of rotatable bonds is 4. The molecule has 0 fully saturated rings. The summed E-state index contributed by atoms with van der Waals surface area (Å²) in [6, 6.07) is 15.1. The maximum atomic E-state index is 13.4. The quantitative estimate of drug-likeness (QED) is 0.337. The average Bonchev–Trinajstić information content (AvgIpc) is 3.49. The Bertz CT molecular complexity index is 1910. The fourth-order valence-corrected chi connectivity index (χ4v) is 4.49. The van der Waals surface area contributed by atoms with Crippen LogP contribution in [0.1, 0.15) is 33.0 Å². The molecule has 37 heavy (non-hydrogen) atoms. The highest BCUT2D eigenvalue weighted by Gasteiger charge is 2.22. The summed E-state index contributed by atoms with van der Waals surface area (Å²) in [7, 11) is 1.64. The highest BCUT2D eigenvalue weighted by molar-refractivity contribution is 6.04. The van der Waals surface area contributed by atoms with E-state index in [2.05, 4.69) is 20.3 Å². The number of pyridine rings is 1. The molecule has 4 heterocycles. The first-order chi connectivity index (χ1) is 17.8. The first kappa shape index (κ1) is 22.6. The van der Waals surface area contributed by atoms with E-state index in [1.54, 1.807) is 24.4 Å². The molecule has 6 rings (SSSR count). The van der Waals surface area contributed by atoms with Crippen LogP contribution >= 0.6 is 0 Å². The molecule has 0 aliphatic rings.